The van der Waals surface area contributed by atoms with Crippen molar-refractivity contribution in [2.75, 3.05) is 11.9 Å². The molecule has 21 heavy (non-hydrogen) atoms. The van der Waals surface area contributed by atoms with Crippen LogP contribution in [0.4, 0.5) is 5.69 Å². The molecule has 0 saturated carbocycles. The van der Waals surface area contributed by atoms with Crippen LogP contribution in [0.5, 0.6) is 11.5 Å². The molecular weight excluding hydrogens is 268 g/mol. The molecule has 0 spiro atoms. The van der Waals surface area contributed by atoms with Gasteiger partial charge in [-0.2, -0.15) is 0 Å². The van der Waals surface area contributed by atoms with Gasteiger partial charge in [0.1, 0.15) is 17.6 Å². The molecule has 1 amide bonds. The van der Waals surface area contributed by atoms with Gasteiger partial charge >= 0.3 is 0 Å². The smallest absolute Gasteiger partial charge is 0.241 e. The van der Waals surface area contributed by atoms with Crippen molar-refractivity contribution in [3.8, 4) is 11.5 Å². The molecule has 0 fully saturated rings. The van der Waals surface area contributed by atoms with Crippen LogP contribution in [-0.2, 0) is 11.2 Å². The summed E-state index contributed by atoms with van der Waals surface area (Å²) in [5.41, 5.74) is 7.59. The summed E-state index contributed by atoms with van der Waals surface area (Å²) in [6, 6.07) is 3.28. The molecule has 116 valence electrons. The number of anilines is 1. The standard InChI is InChI=1S/C16H24N2O3/c1-4-6-12(17)16(19)18-13-9-14-11(7-10(3)21-14)8-15(13)20-5-2/h8-10,12H,4-7,17H2,1-3H3,(H,18,19)/t10?,12-/m1/s1. The van der Waals surface area contributed by atoms with Gasteiger partial charge in [0.25, 0.3) is 0 Å². The monoisotopic (exact) mass is 292 g/mol. The molecule has 1 aliphatic rings. The second-order valence-electron chi connectivity index (χ2n) is 5.41. The van der Waals surface area contributed by atoms with E-state index in [2.05, 4.69) is 5.32 Å². The minimum atomic E-state index is -0.502. The quantitative estimate of drug-likeness (QED) is 0.844. The molecule has 5 nitrogen and oxygen atoms in total. The number of hydrogen-bond acceptors (Lipinski definition) is 4. The van der Waals surface area contributed by atoms with E-state index in [0.29, 0.717) is 24.5 Å². The molecule has 2 atom stereocenters. The Morgan fingerprint density at radius 1 is 1.52 bits per heavy atom. The molecule has 2 rings (SSSR count). The fourth-order valence-electron chi connectivity index (χ4n) is 2.48. The minimum absolute atomic E-state index is 0.155. The molecule has 5 heteroatoms. The zero-order valence-electron chi connectivity index (χ0n) is 12.9. The van der Waals surface area contributed by atoms with E-state index >= 15 is 0 Å². The van der Waals surface area contributed by atoms with Gasteiger partial charge in [0.2, 0.25) is 5.91 Å². The van der Waals surface area contributed by atoms with Crippen LogP contribution in [0.1, 0.15) is 39.2 Å². The lowest BCUT2D eigenvalue weighted by Gasteiger charge is -2.16. The summed E-state index contributed by atoms with van der Waals surface area (Å²) in [4.78, 5) is 12.1. The number of fused-ring (bicyclic) bond motifs is 1. The molecule has 3 N–H and O–H groups in total. The van der Waals surface area contributed by atoms with E-state index in [4.69, 9.17) is 15.2 Å². The van der Waals surface area contributed by atoms with Gasteiger partial charge in [-0.3, -0.25) is 4.79 Å². The van der Waals surface area contributed by atoms with Crippen LogP contribution >= 0.6 is 0 Å². The summed E-state index contributed by atoms with van der Waals surface area (Å²) in [7, 11) is 0. The molecule has 0 saturated heterocycles. The van der Waals surface area contributed by atoms with Gasteiger partial charge in [-0.25, -0.2) is 0 Å². The van der Waals surface area contributed by atoms with Crippen LogP contribution < -0.4 is 20.5 Å². The third kappa shape index (κ3) is 3.67. The Bertz CT molecular complexity index is 516. The second kappa shape index (κ2) is 6.80. The van der Waals surface area contributed by atoms with Crippen LogP contribution in [-0.4, -0.2) is 24.7 Å². The Morgan fingerprint density at radius 3 is 2.95 bits per heavy atom. The highest BCUT2D eigenvalue weighted by molar-refractivity contribution is 5.96. The topological polar surface area (TPSA) is 73.6 Å². The predicted molar refractivity (Wildman–Crippen MR) is 82.9 cm³/mol. The largest absolute Gasteiger partial charge is 0.492 e. The van der Waals surface area contributed by atoms with Crippen LogP contribution in [0.25, 0.3) is 0 Å². The molecule has 0 bridgehead atoms. The maximum Gasteiger partial charge on any atom is 0.241 e. The zero-order valence-corrected chi connectivity index (χ0v) is 12.9. The summed E-state index contributed by atoms with van der Waals surface area (Å²) in [5.74, 6) is 1.29. The molecule has 1 heterocycles. The van der Waals surface area contributed by atoms with Gasteiger partial charge in [-0.15, -0.1) is 0 Å². The highest BCUT2D eigenvalue weighted by atomic mass is 16.5. The van der Waals surface area contributed by atoms with E-state index < -0.39 is 6.04 Å². The van der Waals surface area contributed by atoms with Gasteiger partial charge in [0.05, 0.1) is 18.3 Å². The summed E-state index contributed by atoms with van der Waals surface area (Å²) < 4.78 is 11.4. The first kappa shape index (κ1) is 15.6. The predicted octanol–water partition coefficient (Wildman–Crippen LogP) is 2.47. The lowest BCUT2D eigenvalue weighted by molar-refractivity contribution is -0.117. The van der Waals surface area contributed by atoms with Crippen molar-refractivity contribution in [1.29, 1.82) is 0 Å². The van der Waals surface area contributed by atoms with Gasteiger partial charge in [0.15, 0.2) is 0 Å². The number of nitrogens with two attached hydrogens (primary N) is 1. The molecule has 0 radical (unpaired) electrons. The SMILES string of the molecule is CCC[C@@H](N)C(=O)Nc1cc2c(cc1OCC)CC(C)O2. The Hall–Kier alpha value is -1.75. The molecule has 1 unspecified atom stereocenters. The summed E-state index contributed by atoms with van der Waals surface area (Å²) in [6.07, 6.45) is 2.55. The Labute approximate surface area is 125 Å². The van der Waals surface area contributed by atoms with Gasteiger partial charge < -0.3 is 20.5 Å². The minimum Gasteiger partial charge on any atom is -0.492 e. The number of carbonyl (C=O) groups excluding carboxylic acids is 1. The van der Waals surface area contributed by atoms with Crippen molar-refractivity contribution in [3.05, 3.63) is 17.7 Å². The number of carbonyl (C=O) groups is 1. The van der Waals surface area contributed by atoms with Gasteiger partial charge in [-0.1, -0.05) is 13.3 Å². The maximum absolute atomic E-state index is 12.1. The molecule has 1 aromatic rings. The van der Waals surface area contributed by atoms with E-state index in [0.717, 1.165) is 24.2 Å². The van der Waals surface area contributed by atoms with Crippen LogP contribution in [0.3, 0.4) is 0 Å². The summed E-state index contributed by atoms with van der Waals surface area (Å²) >= 11 is 0. The first-order valence-corrected chi connectivity index (χ1v) is 7.58. The molecule has 0 aromatic heterocycles. The normalized spacial score (nSPS) is 17.8. The van der Waals surface area contributed by atoms with E-state index in [1.54, 1.807) is 0 Å². The summed E-state index contributed by atoms with van der Waals surface area (Å²) in [6.45, 7) is 6.49. The number of amides is 1. The zero-order chi connectivity index (χ0) is 15.4. The average Bonchev–Trinajstić information content (AvgIpc) is 2.78. The van der Waals surface area contributed by atoms with Crippen molar-refractivity contribution in [2.45, 2.75) is 52.2 Å². The van der Waals surface area contributed by atoms with E-state index in [9.17, 15) is 4.79 Å². The second-order valence-corrected chi connectivity index (χ2v) is 5.41. The number of hydrogen-bond donors (Lipinski definition) is 2. The lowest BCUT2D eigenvalue weighted by atomic mass is 10.1. The fourth-order valence-corrected chi connectivity index (χ4v) is 2.48. The third-order valence-electron chi connectivity index (χ3n) is 3.49. The number of nitrogens with one attached hydrogen (secondary N) is 1. The van der Waals surface area contributed by atoms with E-state index in [-0.39, 0.29) is 12.0 Å². The number of ether oxygens (including phenoxy) is 2. The van der Waals surface area contributed by atoms with E-state index in [1.165, 1.54) is 0 Å². The van der Waals surface area contributed by atoms with Crippen LogP contribution in [0.15, 0.2) is 12.1 Å². The van der Waals surface area contributed by atoms with Gasteiger partial charge in [0, 0.05) is 18.1 Å². The summed E-state index contributed by atoms with van der Waals surface area (Å²) in [5, 5.41) is 2.86. The van der Waals surface area contributed by atoms with Crippen LogP contribution in [0, 0.1) is 0 Å². The maximum atomic E-state index is 12.1. The lowest BCUT2D eigenvalue weighted by Crippen LogP contribution is -2.35. The van der Waals surface area contributed by atoms with Crippen molar-refractivity contribution in [1.82, 2.24) is 0 Å². The van der Waals surface area contributed by atoms with Crippen molar-refractivity contribution in [2.24, 2.45) is 5.73 Å². The Morgan fingerprint density at radius 2 is 2.29 bits per heavy atom. The molecule has 1 aliphatic heterocycles. The Kier molecular flexibility index (Phi) is 5.07. The van der Waals surface area contributed by atoms with E-state index in [1.807, 2.05) is 32.9 Å². The molecule has 1 aromatic carbocycles. The number of rotatable bonds is 6. The van der Waals surface area contributed by atoms with Crippen molar-refractivity contribution >= 4 is 11.6 Å². The first-order valence-electron chi connectivity index (χ1n) is 7.58. The highest BCUT2D eigenvalue weighted by Crippen LogP contribution is 2.38. The molecular formula is C16H24N2O3. The van der Waals surface area contributed by atoms with Crippen molar-refractivity contribution < 1.29 is 14.3 Å². The van der Waals surface area contributed by atoms with Crippen molar-refractivity contribution in [3.63, 3.8) is 0 Å². The van der Waals surface area contributed by atoms with Crippen LogP contribution in [0.2, 0.25) is 0 Å². The fraction of sp³-hybridized carbons (Fsp3) is 0.562. The third-order valence-corrected chi connectivity index (χ3v) is 3.49. The molecule has 0 aliphatic carbocycles. The Balaban J connectivity index is 2.21. The first-order chi connectivity index (χ1) is 10.0. The average molecular weight is 292 g/mol. The number of benzene rings is 1. The highest BCUT2D eigenvalue weighted by Gasteiger charge is 2.23. The van der Waals surface area contributed by atoms with Gasteiger partial charge in [-0.05, 0) is 26.3 Å².